The zero-order valence-electron chi connectivity index (χ0n) is 16.8. The Bertz CT molecular complexity index is 933. The highest BCUT2D eigenvalue weighted by Crippen LogP contribution is 2.24. The molecule has 0 spiro atoms. The van der Waals surface area contributed by atoms with Crippen molar-refractivity contribution in [2.45, 2.75) is 0 Å². The maximum absolute atomic E-state index is 6.27. The van der Waals surface area contributed by atoms with Gasteiger partial charge in [0.1, 0.15) is 23.0 Å². The Labute approximate surface area is 185 Å². The van der Waals surface area contributed by atoms with Gasteiger partial charge in [0.05, 0.1) is 0 Å². The van der Waals surface area contributed by atoms with Crippen LogP contribution in [0.25, 0.3) is 0 Å². The lowest BCUT2D eigenvalue weighted by atomic mass is 10.3. The highest BCUT2D eigenvalue weighted by Gasteiger charge is 2.55. The van der Waals surface area contributed by atoms with Gasteiger partial charge in [-0.05, 0) is 48.5 Å². The second kappa shape index (κ2) is 10.5. The molecular formula is C24H22O5Si2. The summed E-state index contributed by atoms with van der Waals surface area (Å²) in [6.07, 6.45) is 0. The van der Waals surface area contributed by atoms with E-state index in [2.05, 4.69) is 0 Å². The molecule has 0 bridgehead atoms. The van der Waals surface area contributed by atoms with Gasteiger partial charge in [-0.1, -0.05) is 72.8 Å². The summed E-state index contributed by atoms with van der Waals surface area (Å²) in [5, 5.41) is 0. The molecule has 0 aliphatic carbocycles. The maximum Gasteiger partial charge on any atom is 0.884 e. The summed E-state index contributed by atoms with van der Waals surface area (Å²) in [6.45, 7) is 0. The first-order valence-corrected chi connectivity index (χ1v) is 12.6. The summed E-state index contributed by atoms with van der Waals surface area (Å²) in [6, 6.07) is 37.6. The number of hydrogen-bond donors (Lipinski definition) is 0. The van der Waals surface area contributed by atoms with Crippen LogP contribution in [0.4, 0.5) is 0 Å². The Balaban J connectivity index is 1.63. The van der Waals surface area contributed by atoms with Crippen LogP contribution >= 0.6 is 0 Å². The molecule has 31 heavy (non-hydrogen) atoms. The van der Waals surface area contributed by atoms with Crippen LogP contribution in [0.2, 0.25) is 0 Å². The fraction of sp³-hybridized carbons (Fsp3) is 0. The van der Waals surface area contributed by atoms with Gasteiger partial charge in [-0.25, -0.2) is 0 Å². The highest BCUT2D eigenvalue weighted by molar-refractivity contribution is 6.61. The zero-order chi connectivity index (χ0) is 21.2. The first kappa shape index (κ1) is 20.7. The first-order valence-electron chi connectivity index (χ1n) is 9.85. The van der Waals surface area contributed by atoms with Gasteiger partial charge < -0.3 is 21.8 Å². The van der Waals surface area contributed by atoms with Crippen LogP contribution < -0.4 is 17.7 Å². The van der Waals surface area contributed by atoms with E-state index in [-0.39, 0.29) is 0 Å². The van der Waals surface area contributed by atoms with Gasteiger partial charge in [-0.2, -0.15) is 0 Å². The molecule has 0 radical (unpaired) electrons. The molecule has 0 saturated heterocycles. The molecule has 0 fully saturated rings. The normalized spacial score (nSPS) is 11.2. The van der Waals surface area contributed by atoms with E-state index in [1.165, 1.54) is 0 Å². The minimum atomic E-state index is -3.74. The Morgan fingerprint density at radius 1 is 0.419 bits per heavy atom. The number of benzene rings is 4. The molecule has 0 atom stereocenters. The number of para-hydroxylation sites is 4. The molecule has 4 aromatic rings. The molecule has 5 nitrogen and oxygen atoms in total. The third kappa shape index (κ3) is 6.22. The SMILES string of the molecule is c1ccc(O[SiH2]O[Si](Oc2ccccc2)(Oc2ccccc2)Oc2ccccc2)cc1. The van der Waals surface area contributed by atoms with Crippen LogP contribution in [0.1, 0.15) is 0 Å². The lowest BCUT2D eigenvalue weighted by Crippen LogP contribution is -2.59. The van der Waals surface area contributed by atoms with E-state index >= 15 is 0 Å². The topological polar surface area (TPSA) is 46.2 Å². The minimum absolute atomic E-state index is 0.592. The lowest BCUT2D eigenvalue weighted by molar-refractivity contribution is 0.155. The molecule has 0 unspecified atom stereocenters. The van der Waals surface area contributed by atoms with Crippen molar-refractivity contribution in [1.82, 2.24) is 0 Å². The average Bonchev–Trinajstić information content (AvgIpc) is 2.82. The van der Waals surface area contributed by atoms with Crippen LogP contribution in [0.15, 0.2) is 121 Å². The van der Waals surface area contributed by atoms with Crippen molar-refractivity contribution < 1.29 is 21.8 Å². The molecule has 0 aromatic heterocycles. The van der Waals surface area contributed by atoms with E-state index in [4.69, 9.17) is 21.8 Å². The van der Waals surface area contributed by atoms with E-state index < -0.39 is 19.1 Å². The molecule has 4 aromatic carbocycles. The largest absolute Gasteiger partial charge is 0.884 e. The molecule has 7 heteroatoms. The molecule has 0 aliphatic heterocycles. The van der Waals surface area contributed by atoms with Gasteiger partial charge >= 0.3 is 19.1 Å². The van der Waals surface area contributed by atoms with Gasteiger partial charge in [0, 0.05) is 0 Å². The average molecular weight is 447 g/mol. The predicted octanol–water partition coefficient (Wildman–Crippen LogP) is 4.75. The van der Waals surface area contributed by atoms with Gasteiger partial charge in [0.15, 0.2) is 0 Å². The molecule has 0 heterocycles. The summed E-state index contributed by atoms with van der Waals surface area (Å²) in [5.41, 5.74) is 0. The summed E-state index contributed by atoms with van der Waals surface area (Å²) in [7, 11) is -5.29. The van der Waals surface area contributed by atoms with Crippen molar-refractivity contribution in [1.29, 1.82) is 0 Å². The van der Waals surface area contributed by atoms with Crippen molar-refractivity contribution in [2.24, 2.45) is 0 Å². The fourth-order valence-electron chi connectivity index (χ4n) is 2.74. The Kier molecular flexibility index (Phi) is 7.01. The van der Waals surface area contributed by atoms with Crippen LogP contribution in [0.5, 0.6) is 23.0 Å². The lowest BCUT2D eigenvalue weighted by Gasteiger charge is -2.28. The summed E-state index contributed by atoms with van der Waals surface area (Å²) in [5.74, 6) is 2.51. The van der Waals surface area contributed by atoms with E-state index in [1.54, 1.807) is 0 Å². The van der Waals surface area contributed by atoms with E-state index in [0.29, 0.717) is 17.2 Å². The Morgan fingerprint density at radius 2 is 0.742 bits per heavy atom. The number of hydrogen-bond acceptors (Lipinski definition) is 5. The Morgan fingerprint density at radius 3 is 1.10 bits per heavy atom. The molecule has 0 aliphatic rings. The molecule has 0 N–H and O–H groups in total. The first-order chi connectivity index (χ1) is 15.3. The highest BCUT2D eigenvalue weighted by atomic mass is 28.4. The van der Waals surface area contributed by atoms with Crippen LogP contribution in [0.3, 0.4) is 0 Å². The molecule has 0 saturated carbocycles. The van der Waals surface area contributed by atoms with Gasteiger partial charge in [0.25, 0.3) is 0 Å². The third-order valence-corrected chi connectivity index (χ3v) is 7.96. The van der Waals surface area contributed by atoms with Gasteiger partial charge in [-0.3, -0.25) is 0 Å². The van der Waals surface area contributed by atoms with Crippen LogP contribution in [-0.2, 0) is 4.12 Å². The van der Waals surface area contributed by atoms with Crippen LogP contribution in [-0.4, -0.2) is 19.1 Å². The van der Waals surface area contributed by atoms with Crippen molar-refractivity contribution in [3.63, 3.8) is 0 Å². The van der Waals surface area contributed by atoms with Crippen molar-refractivity contribution in [2.75, 3.05) is 0 Å². The molecule has 156 valence electrons. The third-order valence-electron chi connectivity index (χ3n) is 4.16. The second-order valence-electron chi connectivity index (χ2n) is 6.46. The second-order valence-corrected chi connectivity index (χ2v) is 9.76. The van der Waals surface area contributed by atoms with E-state index in [9.17, 15) is 0 Å². The Hall–Kier alpha value is -3.53. The van der Waals surface area contributed by atoms with Crippen molar-refractivity contribution in [3.05, 3.63) is 121 Å². The predicted molar refractivity (Wildman–Crippen MR) is 124 cm³/mol. The van der Waals surface area contributed by atoms with Gasteiger partial charge in [0.2, 0.25) is 0 Å². The van der Waals surface area contributed by atoms with E-state index in [1.807, 2.05) is 121 Å². The van der Waals surface area contributed by atoms with Crippen molar-refractivity contribution in [3.8, 4) is 23.0 Å². The summed E-state index contributed by atoms with van der Waals surface area (Å²) >= 11 is 0. The quantitative estimate of drug-likeness (QED) is 0.329. The molecule has 4 rings (SSSR count). The molecular weight excluding hydrogens is 424 g/mol. The zero-order valence-corrected chi connectivity index (χ0v) is 19.2. The van der Waals surface area contributed by atoms with Crippen molar-refractivity contribution >= 4 is 19.1 Å². The van der Waals surface area contributed by atoms with Crippen LogP contribution in [0, 0.1) is 0 Å². The number of rotatable bonds is 10. The monoisotopic (exact) mass is 446 g/mol. The van der Waals surface area contributed by atoms with Gasteiger partial charge in [-0.15, -0.1) is 0 Å². The minimum Gasteiger partial charge on any atom is -0.525 e. The molecule has 0 amide bonds. The standard InChI is InChI=1S/C24H22O5Si2/c1-5-13-21(14-6-1)25-30-29-31(26-22-15-7-2-8-16-22,27-23-17-9-3-10-18-23)28-24-19-11-4-12-20-24/h1-20H,30H2. The maximum atomic E-state index is 6.27. The summed E-state index contributed by atoms with van der Waals surface area (Å²) in [4.78, 5) is 0. The summed E-state index contributed by atoms with van der Waals surface area (Å²) < 4.78 is 30.9. The fourth-order valence-corrected chi connectivity index (χ4v) is 5.98. The van der Waals surface area contributed by atoms with E-state index in [0.717, 1.165) is 5.75 Å². The smallest absolute Gasteiger partial charge is 0.525 e.